The van der Waals surface area contributed by atoms with Gasteiger partial charge < -0.3 is 26.0 Å². The van der Waals surface area contributed by atoms with Gasteiger partial charge >= 0.3 is 6.09 Å². The minimum absolute atomic E-state index is 0.0767. The maximum absolute atomic E-state index is 12.9. The molecule has 2 aliphatic rings. The molecule has 1 fully saturated rings. The van der Waals surface area contributed by atoms with Crippen molar-refractivity contribution in [1.82, 2.24) is 4.90 Å². The van der Waals surface area contributed by atoms with E-state index in [0.717, 1.165) is 35.6 Å². The highest BCUT2D eigenvalue weighted by molar-refractivity contribution is 5.79. The summed E-state index contributed by atoms with van der Waals surface area (Å²) in [6.45, 7) is 5.50. The van der Waals surface area contributed by atoms with E-state index in [1.165, 1.54) is 22.3 Å². The van der Waals surface area contributed by atoms with Crippen molar-refractivity contribution in [1.29, 1.82) is 0 Å². The van der Waals surface area contributed by atoms with Crippen LogP contribution in [0, 0.1) is 6.92 Å². The number of nitrogens with two attached hydrogens (primary N) is 2. The fraction of sp³-hybridized carbons (Fsp3) is 0.296. The summed E-state index contributed by atoms with van der Waals surface area (Å²) in [7, 11) is 0. The lowest BCUT2D eigenvalue weighted by atomic mass is 9.98. The second kappa shape index (κ2) is 8.79. The topological polar surface area (TPSA) is 84.8 Å². The molecule has 170 valence electrons. The molecule has 0 aromatic heterocycles. The average Bonchev–Trinajstić information content (AvgIpc) is 3.18. The molecular formula is C27H30N4O2. The number of nitrogen functional groups attached to an aromatic ring is 1. The average molecular weight is 443 g/mol. The van der Waals surface area contributed by atoms with Crippen LogP contribution in [0.25, 0.3) is 11.1 Å². The molecule has 6 heteroatoms. The first-order valence-electron chi connectivity index (χ1n) is 11.5. The van der Waals surface area contributed by atoms with Crippen LogP contribution in [0.1, 0.15) is 28.2 Å². The molecule has 1 saturated heterocycles. The van der Waals surface area contributed by atoms with Gasteiger partial charge in [-0.1, -0.05) is 48.5 Å². The van der Waals surface area contributed by atoms with Crippen LogP contribution < -0.4 is 16.4 Å². The van der Waals surface area contributed by atoms with Gasteiger partial charge in [-0.25, -0.2) is 4.79 Å². The van der Waals surface area contributed by atoms with E-state index in [1.807, 2.05) is 25.1 Å². The molecular weight excluding hydrogens is 412 g/mol. The lowest BCUT2D eigenvalue weighted by molar-refractivity contribution is 0.0977. The predicted octanol–water partition coefficient (Wildman–Crippen LogP) is 4.11. The molecule has 3 aromatic rings. The number of carbonyl (C=O) groups excluding carboxylic acids is 1. The third-order valence-electron chi connectivity index (χ3n) is 7.00. The largest absolute Gasteiger partial charge is 0.448 e. The van der Waals surface area contributed by atoms with Crippen LogP contribution in [-0.4, -0.2) is 43.8 Å². The third kappa shape index (κ3) is 3.91. The van der Waals surface area contributed by atoms with Crippen LogP contribution in [0.15, 0.2) is 60.7 Å². The van der Waals surface area contributed by atoms with Gasteiger partial charge in [-0.3, -0.25) is 0 Å². The van der Waals surface area contributed by atoms with Crippen LogP contribution in [-0.2, 0) is 11.3 Å². The number of carbonyl (C=O) groups is 1. The fourth-order valence-electron chi connectivity index (χ4n) is 5.01. The van der Waals surface area contributed by atoms with Crippen molar-refractivity contribution in [2.45, 2.75) is 19.4 Å². The van der Waals surface area contributed by atoms with E-state index in [2.05, 4.69) is 47.4 Å². The van der Waals surface area contributed by atoms with Crippen molar-refractivity contribution in [2.24, 2.45) is 5.73 Å². The van der Waals surface area contributed by atoms with Gasteiger partial charge in [0.15, 0.2) is 0 Å². The number of nitrogens with zero attached hydrogens (tertiary/aromatic N) is 2. The minimum atomic E-state index is -0.248. The zero-order chi connectivity index (χ0) is 22.9. The number of piperazine rings is 1. The van der Waals surface area contributed by atoms with Crippen LogP contribution in [0.4, 0.5) is 16.2 Å². The zero-order valence-electron chi connectivity index (χ0n) is 19.0. The summed E-state index contributed by atoms with van der Waals surface area (Å²) >= 11 is 0. The summed E-state index contributed by atoms with van der Waals surface area (Å²) in [5.74, 6) is 0.0767. The Morgan fingerprint density at radius 3 is 2.18 bits per heavy atom. The number of anilines is 2. The molecule has 1 amide bonds. The van der Waals surface area contributed by atoms with Crippen LogP contribution in [0.3, 0.4) is 0 Å². The maximum Gasteiger partial charge on any atom is 0.409 e. The smallest absolute Gasteiger partial charge is 0.409 e. The highest BCUT2D eigenvalue weighted by atomic mass is 16.6. The number of hydrogen-bond acceptors (Lipinski definition) is 5. The molecule has 6 nitrogen and oxygen atoms in total. The number of benzene rings is 3. The first-order chi connectivity index (χ1) is 16.1. The van der Waals surface area contributed by atoms with E-state index in [4.69, 9.17) is 16.2 Å². The van der Waals surface area contributed by atoms with Gasteiger partial charge in [0.25, 0.3) is 0 Å². The van der Waals surface area contributed by atoms with Gasteiger partial charge in [0.2, 0.25) is 0 Å². The molecule has 0 spiro atoms. The van der Waals surface area contributed by atoms with Gasteiger partial charge in [-0.05, 0) is 52.4 Å². The Balaban J connectivity index is 1.22. The Bertz CT molecular complexity index is 1140. The Hall–Kier alpha value is -3.51. The Kier molecular flexibility index (Phi) is 5.68. The van der Waals surface area contributed by atoms with E-state index >= 15 is 0 Å². The predicted molar refractivity (Wildman–Crippen MR) is 132 cm³/mol. The van der Waals surface area contributed by atoms with E-state index < -0.39 is 0 Å². The van der Waals surface area contributed by atoms with Crippen molar-refractivity contribution >= 4 is 17.5 Å². The van der Waals surface area contributed by atoms with Gasteiger partial charge in [-0.2, -0.15) is 0 Å². The van der Waals surface area contributed by atoms with E-state index in [9.17, 15) is 4.79 Å². The standard InChI is InChI=1S/C27H30N4O2/c1-18-19(16-28)14-20(15-26(18)29)30-10-12-31(13-11-30)27(32)33-17-25-23-8-4-2-6-21(23)22-7-3-5-9-24(22)25/h2-9,14-15,25H,10-13,16-17,28-29H2,1H3. The van der Waals surface area contributed by atoms with Crippen LogP contribution >= 0.6 is 0 Å². The van der Waals surface area contributed by atoms with Crippen molar-refractivity contribution < 1.29 is 9.53 Å². The molecule has 3 aromatic carbocycles. The molecule has 1 heterocycles. The molecule has 1 aliphatic heterocycles. The zero-order valence-corrected chi connectivity index (χ0v) is 19.0. The second-order valence-corrected chi connectivity index (χ2v) is 8.80. The van der Waals surface area contributed by atoms with Gasteiger partial charge in [0, 0.05) is 50.0 Å². The first-order valence-corrected chi connectivity index (χ1v) is 11.5. The summed E-state index contributed by atoms with van der Waals surface area (Å²) in [5, 5.41) is 0. The highest BCUT2D eigenvalue weighted by Gasteiger charge is 2.30. The van der Waals surface area contributed by atoms with Crippen molar-refractivity contribution in [3.05, 3.63) is 82.9 Å². The number of ether oxygens (including phenoxy) is 1. The van der Waals surface area contributed by atoms with E-state index in [1.54, 1.807) is 4.90 Å². The fourth-order valence-corrected chi connectivity index (χ4v) is 5.01. The Labute approximate surface area is 194 Å². The number of amides is 1. The van der Waals surface area contributed by atoms with Crippen molar-refractivity contribution in [3.63, 3.8) is 0 Å². The molecule has 1 aliphatic carbocycles. The Morgan fingerprint density at radius 2 is 1.58 bits per heavy atom. The summed E-state index contributed by atoms with van der Waals surface area (Å²) in [5.41, 5.74) is 20.9. The summed E-state index contributed by atoms with van der Waals surface area (Å²) in [4.78, 5) is 16.9. The quantitative estimate of drug-likeness (QED) is 0.594. The third-order valence-corrected chi connectivity index (χ3v) is 7.00. The SMILES string of the molecule is Cc1c(N)cc(N2CCN(C(=O)OCC3c4ccccc4-c4ccccc43)CC2)cc1CN. The van der Waals surface area contributed by atoms with Crippen LogP contribution in [0.2, 0.25) is 0 Å². The van der Waals surface area contributed by atoms with Gasteiger partial charge in [0.1, 0.15) is 6.61 Å². The molecule has 0 bridgehead atoms. The number of rotatable bonds is 4. The van der Waals surface area contributed by atoms with Crippen molar-refractivity contribution in [3.8, 4) is 11.1 Å². The van der Waals surface area contributed by atoms with E-state index in [0.29, 0.717) is 26.2 Å². The van der Waals surface area contributed by atoms with Crippen LogP contribution in [0.5, 0.6) is 0 Å². The van der Waals surface area contributed by atoms with Gasteiger partial charge in [0.05, 0.1) is 0 Å². The molecule has 0 radical (unpaired) electrons. The Morgan fingerprint density at radius 1 is 0.970 bits per heavy atom. The monoisotopic (exact) mass is 442 g/mol. The molecule has 4 N–H and O–H groups in total. The number of fused-ring (bicyclic) bond motifs is 3. The second-order valence-electron chi connectivity index (χ2n) is 8.80. The lowest BCUT2D eigenvalue weighted by Crippen LogP contribution is -2.49. The molecule has 33 heavy (non-hydrogen) atoms. The minimum Gasteiger partial charge on any atom is -0.448 e. The summed E-state index contributed by atoms with van der Waals surface area (Å²) < 4.78 is 5.82. The van der Waals surface area contributed by atoms with Crippen molar-refractivity contribution in [2.75, 3.05) is 43.4 Å². The molecule has 0 atom stereocenters. The molecule has 0 saturated carbocycles. The lowest BCUT2D eigenvalue weighted by Gasteiger charge is -2.36. The first kappa shape index (κ1) is 21.3. The summed E-state index contributed by atoms with van der Waals surface area (Å²) in [6, 6.07) is 20.9. The molecule has 0 unspecified atom stereocenters. The van der Waals surface area contributed by atoms with Gasteiger partial charge in [-0.15, -0.1) is 0 Å². The maximum atomic E-state index is 12.9. The van der Waals surface area contributed by atoms with E-state index in [-0.39, 0.29) is 12.0 Å². The summed E-state index contributed by atoms with van der Waals surface area (Å²) in [6.07, 6.45) is -0.248. The number of hydrogen-bond donors (Lipinski definition) is 2. The normalized spacial score (nSPS) is 15.3. The highest BCUT2D eigenvalue weighted by Crippen LogP contribution is 2.44. The molecule has 5 rings (SSSR count).